The molecule has 0 aliphatic carbocycles. The Morgan fingerprint density at radius 3 is 2.64 bits per heavy atom. The number of nitrogens with one attached hydrogen (secondary N) is 1. The van der Waals surface area contributed by atoms with Crippen molar-refractivity contribution < 1.29 is 0 Å². The van der Waals surface area contributed by atoms with E-state index in [2.05, 4.69) is 70.3 Å². The van der Waals surface area contributed by atoms with E-state index in [4.69, 9.17) is 10.1 Å². The van der Waals surface area contributed by atoms with Gasteiger partial charge in [-0.05, 0) is 42.8 Å². The van der Waals surface area contributed by atoms with Gasteiger partial charge < -0.3 is 5.32 Å². The molecule has 0 aromatic carbocycles. The number of allylic oxidation sites excluding steroid dienone is 2. The molecule has 0 saturated carbocycles. The molecule has 3 aliphatic heterocycles. The van der Waals surface area contributed by atoms with Gasteiger partial charge in [0.15, 0.2) is 0 Å². The third-order valence-electron chi connectivity index (χ3n) is 6.72. The third-order valence-corrected chi connectivity index (χ3v) is 8.80. The Hall–Kier alpha value is -2.11. The second-order valence-electron chi connectivity index (χ2n) is 8.81. The molecule has 1 fully saturated rings. The van der Waals surface area contributed by atoms with Crippen LogP contribution in [0, 0.1) is 0 Å². The molecule has 0 unspecified atom stereocenters. The van der Waals surface area contributed by atoms with Crippen LogP contribution in [-0.2, 0) is 0 Å². The number of nitrogens with zero attached hydrogens (tertiary/aromatic N) is 7. The minimum absolute atomic E-state index is 0.192. The van der Waals surface area contributed by atoms with Crippen molar-refractivity contribution in [3.05, 3.63) is 53.9 Å². The molecule has 1 N–H and O–H groups in total. The van der Waals surface area contributed by atoms with E-state index < -0.39 is 0 Å². The molecule has 0 bridgehead atoms. The molecular formula is C24H33IN8. The molecular weight excluding hydrogens is 527 g/mol. The van der Waals surface area contributed by atoms with E-state index in [1.807, 2.05) is 19.4 Å². The summed E-state index contributed by atoms with van der Waals surface area (Å²) in [6.07, 6.45) is 17.1. The van der Waals surface area contributed by atoms with Crippen LogP contribution in [0.4, 0.5) is 0 Å². The van der Waals surface area contributed by atoms with Gasteiger partial charge in [-0.25, -0.2) is 4.99 Å². The van der Waals surface area contributed by atoms with E-state index in [1.165, 1.54) is 5.70 Å². The predicted molar refractivity (Wildman–Crippen MR) is 142 cm³/mol. The number of aromatic nitrogens is 4. The zero-order chi connectivity index (χ0) is 22.8. The number of rotatable bonds is 8. The third kappa shape index (κ3) is 4.63. The van der Waals surface area contributed by atoms with Gasteiger partial charge in [0.05, 0.1) is 41.6 Å². The number of fused-ring (bicyclic) bond motifs is 1. The first kappa shape index (κ1) is 22.7. The number of hydrogen-bond acceptors (Lipinski definition) is 6. The van der Waals surface area contributed by atoms with Gasteiger partial charge in [0.25, 0.3) is 0 Å². The Morgan fingerprint density at radius 1 is 1.09 bits per heavy atom. The molecule has 5 heterocycles. The van der Waals surface area contributed by atoms with Gasteiger partial charge >= 0.3 is 0 Å². The van der Waals surface area contributed by atoms with Crippen LogP contribution in [-0.4, -0.2) is 64.1 Å². The zero-order valence-corrected chi connectivity index (χ0v) is 21.8. The van der Waals surface area contributed by atoms with Crippen LogP contribution in [0.1, 0.15) is 62.7 Å². The summed E-state index contributed by atoms with van der Waals surface area (Å²) >= 11 is -0.192. The van der Waals surface area contributed by atoms with Gasteiger partial charge in [-0.15, -0.1) is 0 Å². The highest BCUT2D eigenvalue weighted by Gasteiger charge is 2.26. The van der Waals surface area contributed by atoms with Crippen molar-refractivity contribution in [1.82, 2.24) is 32.9 Å². The van der Waals surface area contributed by atoms with Crippen LogP contribution in [0.5, 0.6) is 0 Å². The molecule has 3 aliphatic rings. The van der Waals surface area contributed by atoms with Crippen LogP contribution in [0.15, 0.2) is 47.8 Å². The first-order valence-electron chi connectivity index (χ1n) is 11.9. The van der Waals surface area contributed by atoms with Gasteiger partial charge in [-0.3, -0.25) is 17.4 Å². The van der Waals surface area contributed by atoms with Crippen molar-refractivity contribution in [2.24, 2.45) is 4.99 Å². The van der Waals surface area contributed by atoms with E-state index in [9.17, 15) is 0 Å². The number of piperidine rings is 1. The molecule has 0 amide bonds. The largest absolute Gasteiger partial charge is 0.307 e. The number of hydrogen-bond donors (Lipinski definition) is 1. The number of likely N-dealkylation sites (tertiary alicyclic amines) is 1. The summed E-state index contributed by atoms with van der Waals surface area (Å²) in [5, 5.41) is 12.7. The van der Waals surface area contributed by atoms with E-state index in [0.717, 1.165) is 68.0 Å². The second kappa shape index (κ2) is 10.0. The SMILES string of the molecule is CCC(CC)n1cc(C2=NC(c3cnn(C4CCN(CNC)CC4)c3)=CN3I=CC=C23)cn1. The average Bonchev–Trinajstić information content (AvgIpc) is 3.60. The van der Waals surface area contributed by atoms with Crippen LogP contribution in [0.2, 0.25) is 0 Å². The van der Waals surface area contributed by atoms with Gasteiger partial charge in [0.2, 0.25) is 0 Å². The van der Waals surface area contributed by atoms with Crippen LogP contribution in [0.3, 0.4) is 0 Å². The van der Waals surface area contributed by atoms with Gasteiger partial charge in [-0.2, -0.15) is 10.2 Å². The normalized spacial score (nSPS) is 19.4. The Morgan fingerprint density at radius 2 is 1.88 bits per heavy atom. The molecule has 8 nitrogen and oxygen atoms in total. The fourth-order valence-electron chi connectivity index (χ4n) is 4.77. The smallest absolute Gasteiger partial charge is 0.0985 e. The Kier molecular flexibility index (Phi) is 6.89. The molecule has 33 heavy (non-hydrogen) atoms. The van der Waals surface area contributed by atoms with Gasteiger partial charge in [-0.1, -0.05) is 13.8 Å². The maximum absolute atomic E-state index is 5.13. The van der Waals surface area contributed by atoms with Crippen molar-refractivity contribution in [3.8, 4) is 0 Å². The Bertz CT molecular complexity index is 1100. The molecule has 2 aromatic rings. The van der Waals surface area contributed by atoms with Crippen LogP contribution >= 0.6 is 21.0 Å². The summed E-state index contributed by atoms with van der Waals surface area (Å²) in [5.41, 5.74) is 5.39. The van der Waals surface area contributed by atoms with Crippen molar-refractivity contribution >= 4 is 36.4 Å². The average molecular weight is 560 g/mol. The highest BCUT2D eigenvalue weighted by molar-refractivity contribution is 14.2. The number of halogens is 1. The second-order valence-corrected chi connectivity index (χ2v) is 11.1. The molecule has 0 atom stereocenters. The van der Waals surface area contributed by atoms with Crippen molar-refractivity contribution in [2.75, 3.05) is 26.8 Å². The molecule has 2 aromatic heterocycles. The van der Waals surface area contributed by atoms with Gasteiger partial charge in [0, 0.05) is 70.5 Å². The maximum Gasteiger partial charge on any atom is 0.0985 e. The van der Waals surface area contributed by atoms with Crippen molar-refractivity contribution in [3.63, 3.8) is 0 Å². The lowest BCUT2D eigenvalue weighted by Gasteiger charge is -2.31. The van der Waals surface area contributed by atoms with E-state index in [1.54, 1.807) is 0 Å². The molecule has 5 rings (SSSR count). The fourth-order valence-corrected chi connectivity index (χ4v) is 6.74. The number of aliphatic imine (C=N–C) groups is 1. The molecule has 0 radical (unpaired) electrons. The fraction of sp³-hybridized carbons (Fsp3) is 0.500. The highest BCUT2D eigenvalue weighted by Crippen LogP contribution is 2.35. The highest BCUT2D eigenvalue weighted by atomic mass is 127. The summed E-state index contributed by atoms with van der Waals surface area (Å²) in [4.78, 5) is 7.59. The lowest BCUT2D eigenvalue weighted by atomic mass is 10.1. The minimum Gasteiger partial charge on any atom is -0.307 e. The quantitative estimate of drug-likeness (QED) is 0.392. The lowest BCUT2D eigenvalue weighted by molar-refractivity contribution is 0.172. The monoisotopic (exact) mass is 560 g/mol. The maximum atomic E-state index is 5.13. The zero-order valence-electron chi connectivity index (χ0n) is 19.7. The van der Waals surface area contributed by atoms with E-state index >= 15 is 0 Å². The molecule has 9 heteroatoms. The van der Waals surface area contributed by atoms with Crippen molar-refractivity contribution in [2.45, 2.75) is 51.6 Å². The lowest BCUT2D eigenvalue weighted by Crippen LogP contribution is -2.39. The Labute approximate surface area is 206 Å². The summed E-state index contributed by atoms with van der Waals surface area (Å²) in [6, 6.07) is 0.893. The van der Waals surface area contributed by atoms with Crippen molar-refractivity contribution in [1.29, 1.82) is 0 Å². The summed E-state index contributed by atoms with van der Waals surface area (Å²) < 4.78 is 8.95. The summed E-state index contributed by atoms with van der Waals surface area (Å²) in [7, 11) is 2.01. The summed E-state index contributed by atoms with van der Waals surface area (Å²) in [5.74, 6) is 0. The predicted octanol–water partition coefficient (Wildman–Crippen LogP) is 3.94. The van der Waals surface area contributed by atoms with E-state index in [-0.39, 0.29) is 21.0 Å². The standard InChI is InChI=1S/C24H33IN8/c1-4-20(5-2)32-15-19(13-28-32)24-23-6-9-25-31(23)16-22(29-24)18-12-27-33(14-18)21-7-10-30(11-8-21)17-26-3/h6,9,12-16,20-21,26H,4-5,7-8,10-11,17H2,1-3H3. The molecule has 0 spiro atoms. The van der Waals surface area contributed by atoms with E-state index in [0.29, 0.717) is 12.1 Å². The molecule has 176 valence electrons. The first-order chi connectivity index (χ1) is 16.2. The Balaban J connectivity index is 1.39. The van der Waals surface area contributed by atoms with Gasteiger partial charge in [0.1, 0.15) is 0 Å². The van der Waals surface area contributed by atoms with Crippen LogP contribution < -0.4 is 5.32 Å². The first-order valence-corrected chi connectivity index (χ1v) is 14.1. The summed E-state index contributed by atoms with van der Waals surface area (Å²) in [6.45, 7) is 7.61. The minimum atomic E-state index is -0.192. The van der Waals surface area contributed by atoms with Crippen LogP contribution in [0.25, 0.3) is 5.70 Å². The topological polar surface area (TPSA) is 66.5 Å². The molecule has 1 saturated heterocycles.